The summed E-state index contributed by atoms with van der Waals surface area (Å²) in [7, 11) is 2.21. The third-order valence-corrected chi connectivity index (χ3v) is 5.02. The van der Waals surface area contributed by atoms with Crippen LogP contribution < -0.4 is 0 Å². The topological polar surface area (TPSA) is 21.7 Å². The Labute approximate surface area is 98.6 Å². The lowest BCUT2D eigenvalue weighted by Gasteiger charge is -2.38. The van der Waals surface area contributed by atoms with E-state index < -0.39 is 0 Å². The van der Waals surface area contributed by atoms with E-state index in [1.54, 1.807) is 0 Å². The molecule has 0 bridgehead atoms. The Bertz CT molecular complexity index is 307. The Morgan fingerprint density at radius 3 is 2.00 bits per heavy atom. The number of hydrogen-bond donors (Lipinski definition) is 0. The molecule has 0 radical (unpaired) electrons. The summed E-state index contributed by atoms with van der Waals surface area (Å²) in [6.45, 7) is 11.0. The smallest absolute Gasteiger partial charge is 0.403 e. The van der Waals surface area contributed by atoms with Crippen LogP contribution in [0.25, 0.3) is 0 Å². The summed E-state index contributed by atoms with van der Waals surface area (Å²) in [6.07, 6.45) is 1.29. The molecule has 1 spiro atoms. The van der Waals surface area contributed by atoms with Gasteiger partial charge in [0.1, 0.15) is 0 Å². The molecule has 0 aromatic heterocycles. The van der Waals surface area contributed by atoms with E-state index in [0.29, 0.717) is 11.2 Å². The Morgan fingerprint density at radius 1 is 1.06 bits per heavy atom. The molecule has 0 amide bonds. The minimum Gasteiger partial charge on any atom is -0.403 e. The summed E-state index contributed by atoms with van der Waals surface area (Å²) in [4.78, 5) is 2.38. The number of nitrogens with zero attached hydrogens (tertiary/aromatic N) is 1. The van der Waals surface area contributed by atoms with Gasteiger partial charge in [-0.1, -0.05) is 0 Å². The minimum atomic E-state index is -0.170. The van der Waals surface area contributed by atoms with Crippen LogP contribution in [0, 0.1) is 5.41 Å². The SMILES string of the molecule is CN1CC2(CC2B2OC(C)(C)C(C)(C)O2)C1. The maximum Gasteiger partial charge on any atom is 0.461 e. The third-order valence-electron chi connectivity index (χ3n) is 5.02. The Kier molecular flexibility index (Phi) is 1.97. The lowest BCUT2D eigenvalue weighted by Crippen LogP contribution is -2.47. The standard InChI is InChI=1S/C12H22BNO2/c1-10(2)11(3,4)16-13(15-10)9-6-12(9)7-14(5)8-12/h9H,6-8H2,1-5H3. The fourth-order valence-electron chi connectivity index (χ4n) is 3.21. The van der Waals surface area contributed by atoms with Crippen molar-refractivity contribution < 1.29 is 9.31 Å². The van der Waals surface area contributed by atoms with Crippen molar-refractivity contribution in [3.05, 3.63) is 0 Å². The first-order chi connectivity index (χ1) is 7.26. The monoisotopic (exact) mass is 223 g/mol. The van der Waals surface area contributed by atoms with E-state index in [2.05, 4.69) is 39.6 Å². The van der Waals surface area contributed by atoms with Crippen molar-refractivity contribution in [1.82, 2.24) is 4.90 Å². The van der Waals surface area contributed by atoms with Gasteiger partial charge in [-0.2, -0.15) is 0 Å². The summed E-state index contributed by atoms with van der Waals surface area (Å²) in [5.41, 5.74) is 0.199. The van der Waals surface area contributed by atoms with Crippen LogP contribution >= 0.6 is 0 Å². The Morgan fingerprint density at radius 2 is 1.56 bits per heavy atom. The average molecular weight is 223 g/mol. The Hall–Kier alpha value is -0.0551. The lowest BCUT2D eigenvalue weighted by atomic mass is 9.74. The molecule has 1 unspecified atom stereocenters. The molecule has 2 aliphatic heterocycles. The van der Waals surface area contributed by atoms with Gasteiger partial charge in [0.25, 0.3) is 0 Å². The van der Waals surface area contributed by atoms with Crippen molar-refractivity contribution in [3.63, 3.8) is 0 Å². The lowest BCUT2D eigenvalue weighted by molar-refractivity contribution is 0.00578. The average Bonchev–Trinajstić information content (AvgIpc) is 2.71. The zero-order valence-electron chi connectivity index (χ0n) is 11.0. The van der Waals surface area contributed by atoms with Gasteiger partial charge in [0.05, 0.1) is 11.2 Å². The van der Waals surface area contributed by atoms with Crippen molar-refractivity contribution in [2.24, 2.45) is 5.41 Å². The van der Waals surface area contributed by atoms with Gasteiger partial charge in [-0.25, -0.2) is 0 Å². The predicted octanol–water partition coefficient (Wildman–Crippen LogP) is 1.78. The zero-order valence-corrected chi connectivity index (χ0v) is 11.0. The quantitative estimate of drug-likeness (QED) is 0.632. The van der Waals surface area contributed by atoms with Crippen LogP contribution in [0.15, 0.2) is 0 Å². The molecule has 0 aromatic rings. The van der Waals surface area contributed by atoms with E-state index in [1.807, 2.05) is 0 Å². The van der Waals surface area contributed by atoms with Gasteiger partial charge in [-0.3, -0.25) is 0 Å². The molecule has 3 fully saturated rings. The van der Waals surface area contributed by atoms with Gasteiger partial charge in [0, 0.05) is 18.9 Å². The van der Waals surface area contributed by atoms with Gasteiger partial charge in [-0.15, -0.1) is 0 Å². The minimum absolute atomic E-state index is 0.0266. The third kappa shape index (κ3) is 1.33. The van der Waals surface area contributed by atoms with Crippen LogP contribution in [0.3, 0.4) is 0 Å². The highest BCUT2D eigenvalue weighted by molar-refractivity contribution is 6.49. The van der Waals surface area contributed by atoms with Crippen LogP contribution in [-0.4, -0.2) is 43.4 Å². The van der Waals surface area contributed by atoms with E-state index in [0.717, 1.165) is 0 Å². The van der Waals surface area contributed by atoms with Gasteiger partial charge in [0.15, 0.2) is 0 Å². The van der Waals surface area contributed by atoms with Gasteiger partial charge in [0.2, 0.25) is 0 Å². The highest BCUT2D eigenvalue weighted by Crippen LogP contribution is 2.66. The maximum atomic E-state index is 6.11. The maximum absolute atomic E-state index is 6.11. The zero-order chi connectivity index (χ0) is 11.8. The van der Waals surface area contributed by atoms with E-state index >= 15 is 0 Å². The summed E-state index contributed by atoms with van der Waals surface area (Å²) < 4.78 is 12.2. The molecule has 3 rings (SSSR count). The fourth-order valence-corrected chi connectivity index (χ4v) is 3.21. The van der Waals surface area contributed by atoms with Crippen molar-refractivity contribution >= 4 is 7.12 Å². The van der Waals surface area contributed by atoms with Crippen molar-refractivity contribution in [2.75, 3.05) is 20.1 Å². The Balaban J connectivity index is 1.68. The van der Waals surface area contributed by atoms with Gasteiger partial charge >= 0.3 is 7.12 Å². The summed E-state index contributed by atoms with van der Waals surface area (Å²) in [6, 6.07) is 0. The summed E-state index contributed by atoms with van der Waals surface area (Å²) in [5, 5.41) is 0. The molecule has 1 saturated carbocycles. The molecule has 0 N–H and O–H groups in total. The number of likely N-dealkylation sites (tertiary alicyclic amines) is 1. The van der Waals surface area contributed by atoms with Crippen LogP contribution in [0.1, 0.15) is 34.1 Å². The number of hydrogen-bond acceptors (Lipinski definition) is 3. The van der Waals surface area contributed by atoms with Gasteiger partial charge < -0.3 is 14.2 Å². The molecule has 0 aromatic carbocycles. The fraction of sp³-hybridized carbons (Fsp3) is 1.00. The molecule has 3 nitrogen and oxygen atoms in total. The first kappa shape index (κ1) is 11.1. The van der Waals surface area contributed by atoms with E-state index in [4.69, 9.17) is 9.31 Å². The molecule has 4 heteroatoms. The second kappa shape index (κ2) is 2.85. The predicted molar refractivity (Wildman–Crippen MR) is 64.4 cm³/mol. The molecule has 90 valence electrons. The van der Waals surface area contributed by atoms with E-state index in [9.17, 15) is 0 Å². The van der Waals surface area contributed by atoms with Crippen LogP contribution in [0.5, 0.6) is 0 Å². The molecule has 2 heterocycles. The summed E-state index contributed by atoms with van der Waals surface area (Å²) in [5.74, 6) is 0.629. The second-order valence-corrected chi connectivity index (χ2v) is 6.97. The largest absolute Gasteiger partial charge is 0.461 e. The first-order valence-corrected chi connectivity index (χ1v) is 6.30. The van der Waals surface area contributed by atoms with Crippen molar-refractivity contribution in [3.8, 4) is 0 Å². The van der Waals surface area contributed by atoms with Gasteiger partial charge in [-0.05, 0) is 46.6 Å². The molecule has 3 aliphatic rings. The highest BCUT2D eigenvalue weighted by Gasteiger charge is 2.69. The van der Waals surface area contributed by atoms with Crippen LogP contribution in [0.2, 0.25) is 5.82 Å². The molecule has 1 atom stereocenters. The molecular formula is C12H22BNO2. The normalized spacial score (nSPS) is 38.8. The second-order valence-electron chi connectivity index (χ2n) is 6.97. The van der Waals surface area contributed by atoms with Crippen molar-refractivity contribution in [1.29, 1.82) is 0 Å². The van der Waals surface area contributed by atoms with Crippen molar-refractivity contribution in [2.45, 2.75) is 51.1 Å². The number of rotatable bonds is 1. The van der Waals surface area contributed by atoms with Crippen LogP contribution in [0.4, 0.5) is 0 Å². The highest BCUT2D eigenvalue weighted by atomic mass is 16.7. The molecular weight excluding hydrogens is 201 g/mol. The first-order valence-electron chi connectivity index (χ1n) is 6.30. The van der Waals surface area contributed by atoms with E-state index in [-0.39, 0.29) is 18.3 Å². The van der Waals surface area contributed by atoms with Crippen LogP contribution in [-0.2, 0) is 9.31 Å². The molecule has 2 saturated heterocycles. The summed E-state index contributed by atoms with van der Waals surface area (Å²) >= 11 is 0. The molecule has 16 heavy (non-hydrogen) atoms. The van der Waals surface area contributed by atoms with E-state index in [1.165, 1.54) is 19.5 Å². The molecule has 1 aliphatic carbocycles.